The van der Waals surface area contributed by atoms with Crippen LogP contribution in [0.5, 0.6) is 0 Å². The summed E-state index contributed by atoms with van der Waals surface area (Å²) in [5.74, 6) is 0.250. The van der Waals surface area contributed by atoms with Gasteiger partial charge in [-0.25, -0.2) is 4.79 Å². The van der Waals surface area contributed by atoms with Crippen molar-refractivity contribution in [2.45, 2.75) is 25.8 Å². The van der Waals surface area contributed by atoms with Gasteiger partial charge in [-0.15, -0.1) is 0 Å². The average molecular weight is 298 g/mol. The standard InChI is InChI=1S/C13H16BrNO2/c1-8-7-10(14)5-6-11(8)15-12(9-3-4-9)13(16)17-2/h5-7,9,12,15H,3-4H2,1-2H3. The zero-order chi connectivity index (χ0) is 12.4. The molecule has 1 unspecified atom stereocenters. The zero-order valence-corrected chi connectivity index (χ0v) is 11.6. The number of aryl methyl sites for hydroxylation is 1. The second kappa shape index (κ2) is 5.08. The van der Waals surface area contributed by atoms with E-state index in [1.165, 1.54) is 7.11 Å². The number of hydrogen-bond donors (Lipinski definition) is 1. The largest absolute Gasteiger partial charge is 0.467 e. The zero-order valence-electron chi connectivity index (χ0n) is 10.00. The Kier molecular flexibility index (Phi) is 3.72. The molecule has 1 saturated carbocycles. The molecule has 1 fully saturated rings. The third-order valence-electron chi connectivity index (χ3n) is 3.05. The number of esters is 1. The first-order valence-electron chi connectivity index (χ1n) is 5.72. The van der Waals surface area contributed by atoms with Gasteiger partial charge < -0.3 is 10.1 Å². The van der Waals surface area contributed by atoms with Crippen molar-refractivity contribution in [3.8, 4) is 0 Å². The second-order valence-electron chi connectivity index (χ2n) is 4.44. The molecular formula is C13H16BrNO2. The van der Waals surface area contributed by atoms with Crippen molar-refractivity contribution in [2.75, 3.05) is 12.4 Å². The summed E-state index contributed by atoms with van der Waals surface area (Å²) in [6.45, 7) is 2.02. The molecule has 4 heteroatoms. The summed E-state index contributed by atoms with van der Waals surface area (Å²) in [6, 6.07) is 5.78. The van der Waals surface area contributed by atoms with Crippen LogP contribution in [0.2, 0.25) is 0 Å². The number of nitrogens with one attached hydrogen (secondary N) is 1. The fourth-order valence-corrected chi connectivity index (χ4v) is 2.36. The Labute approximate surface area is 110 Å². The Morgan fingerprint density at radius 3 is 2.76 bits per heavy atom. The minimum atomic E-state index is -0.208. The molecule has 0 bridgehead atoms. The van der Waals surface area contributed by atoms with Crippen molar-refractivity contribution in [1.29, 1.82) is 0 Å². The van der Waals surface area contributed by atoms with E-state index >= 15 is 0 Å². The van der Waals surface area contributed by atoms with E-state index in [-0.39, 0.29) is 12.0 Å². The van der Waals surface area contributed by atoms with Crippen molar-refractivity contribution >= 4 is 27.6 Å². The van der Waals surface area contributed by atoms with Gasteiger partial charge in [-0.05, 0) is 49.4 Å². The summed E-state index contributed by atoms with van der Waals surface area (Å²) in [5.41, 5.74) is 2.12. The Bertz CT molecular complexity index is 429. The van der Waals surface area contributed by atoms with Gasteiger partial charge in [-0.1, -0.05) is 15.9 Å². The lowest BCUT2D eigenvalue weighted by molar-refractivity contribution is -0.142. The third-order valence-corrected chi connectivity index (χ3v) is 3.54. The van der Waals surface area contributed by atoms with E-state index in [4.69, 9.17) is 4.74 Å². The van der Waals surface area contributed by atoms with Gasteiger partial charge >= 0.3 is 5.97 Å². The van der Waals surface area contributed by atoms with Gasteiger partial charge in [0.1, 0.15) is 6.04 Å². The van der Waals surface area contributed by atoms with Crippen LogP contribution in [0.4, 0.5) is 5.69 Å². The van der Waals surface area contributed by atoms with E-state index in [0.29, 0.717) is 5.92 Å². The molecule has 17 heavy (non-hydrogen) atoms. The predicted octanol–water partition coefficient (Wildman–Crippen LogP) is 3.12. The van der Waals surface area contributed by atoms with Crippen molar-refractivity contribution in [3.05, 3.63) is 28.2 Å². The minimum Gasteiger partial charge on any atom is -0.467 e. The number of halogens is 1. The molecule has 1 atom stereocenters. The normalized spacial score (nSPS) is 16.4. The quantitative estimate of drug-likeness (QED) is 0.868. The third kappa shape index (κ3) is 3.00. The van der Waals surface area contributed by atoms with Crippen LogP contribution in [-0.4, -0.2) is 19.1 Å². The van der Waals surface area contributed by atoms with Crippen molar-refractivity contribution in [2.24, 2.45) is 5.92 Å². The van der Waals surface area contributed by atoms with Crippen molar-refractivity contribution in [1.82, 2.24) is 0 Å². The molecule has 1 N–H and O–H groups in total. The maximum atomic E-state index is 11.7. The van der Waals surface area contributed by atoms with Crippen LogP contribution in [0.3, 0.4) is 0 Å². The number of carbonyl (C=O) groups is 1. The molecule has 0 saturated heterocycles. The van der Waals surface area contributed by atoms with Gasteiger partial charge in [0.25, 0.3) is 0 Å². The van der Waals surface area contributed by atoms with E-state index in [9.17, 15) is 4.79 Å². The first-order valence-corrected chi connectivity index (χ1v) is 6.51. The van der Waals surface area contributed by atoms with Crippen LogP contribution in [0.1, 0.15) is 18.4 Å². The summed E-state index contributed by atoms with van der Waals surface area (Å²) in [6.07, 6.45) is 2.20. The van der Waals surface area contributed by atoms with Crippen LogP contribution >= 0.6 is 15.9 Å². The molecule has 0 heterocycles. The SMILES string of the molecule is COC(=O)C(Nc1ccc(Br)cc1C)C1CC1. The Balaban J connectivity index is 2.14. The molecule has 0 aromatic heterocycles. The molecule has 0 spiro atoms. The Morgan fingerprint density at radius 1 is 1.53 bits per heavy atom. The van der Waals surface area contributed by atoms with Crippen molar-refractivity contribution < 1.29 is 9.53 Å². The Morgan fingerprint density at radius 2 is 2.24 bits per heavy atom. The van der Waals surface area contributed by atoms with Gasteiger partial charge in [0.2, 0.25) is 0 Å². The predicted molar refractivity (Wildman–Crippen MR) is 71.0 cm³/mol. The maximum absolute atomic E-state index is 11.7. The van der Waals surface area contributed by atoms with E-state index < -0.39 is 0 Å². The lowest BCUT2D eigenvalue weighted by Crippen LogP contribution is -2.32. The number of carbonyl (C=O) groups excluding carboxylic acids is 1. The molecule has 1 aromatic carbocycles. The van der Waals surface area contributed by atoms with Crippen molar-refractivity contribution in [3.63, 3.8) is 0 Å². The highest BCUT2D eigenvalue weighted by Gasteiger charge is 2.37. The van der Waals surface area contributed by atoms with E-state index in [2.05, 4.69) is 21.2 Å². The molecule has 92 valence electrons. The van der Waals surface area contributed by atoms with Gasteiger partial charge in [-0.3, -0.25) is 0 Å². The summed E-state index contributed by atoms with van der Waals surface area (Å²) < 4.78 is 5.88. The molecule has 1 aliphatic rings. The molecule has 0 radical (unpaired) electrons. The highest BCUT2D eigenvalue weighted by Crippen LogP contribution is 2.35. The average Bonchev–Trinajstić information content (AvgIpc) is 3.11. The lowest BCUT2D eigenvalue weighted by atomic mass is 10.1. The topological polar surface area (TPSA) is 38.3 Å². The fourth-order valence-electron chi connectivity index (χ4n) is 1.88. The molecule has 1 aliphatic carbocycles. The number of ether oxygens (including phenoxy) is 1. The summed E-state index contributed by atoms with van der Waals surface area (Å²) >= 11 is 3.43. The van der Waals surface area contributed by atoms with Crippen LogP contribution in [0, 0.1) is 12.8 Å². The number of benzene rings is 1. The highest BCUT2D eigenvalue weighted by atomic mass is 79.9. The number of hydrogen-bond acceptors (Lipinski definition) is 3. The second-order valence-corrected chi connectivity index (χ2v) is 5.36. The number of rotatable bonds is 4. The fraction of sp³-hybridized carbons (Fsp3) is 0.462. The molecule has 1 aromatic rings. The molecule has 2 rings (SSSR count). The van der Waals surface area contributed by atoms with Gasteiger partial charge in [0.15, 0.2) is 0 Å². The van der Waals surface area contributed by atoms with Crippen LogP contribution in [0.25, 0.3) is 0 Å². The van der Waals surface area contributed by atoms with E-state index in [1.807, 2.05) is 25.1 Å². The first kappa shape index (κ1) is 12.4. The lowest BCUT2D eigenvalue weighted by Gasteiger charge is -2.18. The van der Waals surface area contributed by atoms with Crippen LogP contribution < -0.4 is 5.32 Å². The van der Waals surface area contributed by atoms with E-state index in [1.54, 1.807) is 0 Å². The van der Waals surface area contributed by atoms with Gasteiger partial charge in [0, 0.05) is 10.2 Å². The molecule has 3 nitrogen and oxygen atoms in total. The van der Waals surface area contributed by atoms with Gasteiger partial charge in [0.05, 0.1) is 7.11 Å². The number of anilines is 1. The van der Waals surface area contributed by atoms with Crippen LogP contribution in [0.15, 0.2) is 22.7 Å². The molecule has 0 amide bonds. The monoisotopic (exact) mass is 297 g/mol. The maximum Gasteiger partial charge on any atom is 0.328 e. The summed E-state index contributed by atoms with van der Waals surface area (Å²) in [7, 11) is 1.44. The van der Waals surface area contributed by atoms with E-state index in [0.717, 1.165) is 28.6 Å². The minimum absolute atomic E-state index is 0.171. The summed E-state index contributed by atoms with van der Waals surface area (Å²) in [4.78, 5) is 11.7. The first-order chi connectivity index (χ1) is 8.11. The number of methoxy groups -OCH3 is 1. The molecular weight excluding hydrogens is 282 g/mol. The molecule has 0 aliphatic heterocycles. The van der Waals surface area contributed by atoms with Gasteiger partial charge in [-0.2, -0.15) is 0 Å². The smallest absolute Gasteiger partial charge is 0.328 e. The Hall–Kier alpha value is -1.03. The highest BCUT2D eigenvalue weighted by molar-refractivity contribution is 9.10. The van der Waals surface area contributed by atoms with Crippen LogP contribution in [-0.2, 0) is 9.53 Å². The summed E-state index contributed by atoms with van der Waals surface area (Å²) in [5, 5.41) is 3.29.